The van der Waals surface area contributed by atoms with Crippen LogP contribution in [0.2, 0.25) is 0 Å². The molecular formula is C90H56F9N13O6. The summed E-state index contributed by atoms with van der Waals surface area (Å²) in [5.74, 6) is -3.11. The molecule has 0 bridgehead atoms. The van der Waals surface area contributed by atoms with Crippen LogP contribution in [-0.2, 0) is 30.0 Å². The lowest BCUT2D eigenvalue weighted by molar-refractivity contribution is -0.138. The second-order valence-electron chi connectivity index (χ2n) is 27.8. The van der Waals surface area contributed by atoms with E-state index in [2.05, 4.69) is 56.6 Å². The Kier molecular flexibility index (Phi) is 18.3. The summed E-state index contributed by atoms with van der Waals surface area (Å²) in [5, 5.41) is 77.8. The first-order chi connectivity index (χ1) is 56.9. The third kappa shape index (κ3) is 13.9. The van der Waals surface area contributed by atoms with Gasteiger partial charge in [0.2, 0.25) is 0 Å². The molecule has 3 heterocycles. The molecule has 0 aliphatic heterocycles. The molecule has 2 amide bonds. The van der Waals surface area contributed by atoms with Gasteiger partial charge in [0.1, 0.15) is 29.4 Å². The highest BCUT2D eigenvalue weighted by molar-refractivity contribution is 6.25. The number of hydrogen-bond donors (Lipinski definition) is 9. The zero-order valence-electron chi connectivity index (χ0n) is 60.8. The Hall–Kier alpha value is -15.5. The molecule has 15 aromatic carbocycles. The minimum atomic E-state index is -4.63. The summed E-state index contributed by atoms with van der Waals surface area (Å²) in [7, 11) is 0. The van der Waals surface area contributed by atoms with Gasteiger partial charge < -0.3 is 45.8 Å². The molecule has 0 spiro atoms. The number of anilines is 6. The lowest BCUT2D eigenvalue weighted by Crippen LogP contribution is -2.13. The van der Waals surface area contributed by atoms with E-state index >= 15 is 0 Å². The number of nitrogens with one attached hydrogen (secondary N) is 6. The number of aromatic hydroxyl groups is 3. The smallest absolute Gasteiger partial charge is 0.416 e. The minimum Gasteiger partial charge on any atom is -0.505 e. The first kappa shape index (κ1) is 74.0. The molecule has 9 N–H and O–H groups in total. The molecule has 0 fully saturated rings. The van der Waals surface area contributed by atoms with Crippen LogP contribution in [0.1, 0.15) is 43.0 Å². The normalized spacial score (nSPS) is 12.4. The Morgan fingerprint density at radius 2 is 0.661 bits per heavy atom. The Bertz CT molecular complexity index is 6880. The number of fused-ring (bicyclic) bond motifs is 15. The Labute approximate surface area is 659 Å². The third-order valence-corrected chi connectivity index (χ3v) is 20.5. The van der Waals surface area contributed by atoms with Crippen LogP contribution in [0.4, 0.5) is 108 Å². The average molecular weight is 1590 g/mol. The molecule has 118 heavy (non-hydrogen) atoms. The van der Waals surface area contributed by atoms with E-state index in [0.717, 1.165) is 110 Å². The summed E-state index contributed by atoms with van der Waals surface area (Å²) in [6, 6.07) is 71.1. The maximum absolute atomic E-state index is 14.1. The number of H-pyrrole nitrogens is 3. The number of benzene rings is 15. The second-order valence-corrected chi connectivity index (χ2v) is 27.8. The lowest BCUT2D eigenvalue weighted by atomic mass is 10.00. The molecule has 28 heteroatoms. The summed E-state index contributed by atoms with van der Waals surface area (Å²) in [6.07, 6.45) is -13.8. The quantitative estimate of drug-likeness (QED) is 0.0240. The number of carbonyl (C=O) groups excluding carboxylic acids is 2. The van der Waals surface area contributed by atoms with E-state index in [1.807, 2.05) is 102 Å². The number of phenolic OH excluding ortho intramolecular Hbond substituents is 3. The van der Waals surface area contributed by atoms with Crippen molar-refractivity contribution in [3.8, 4) is 17.2 Å². The van der Waals surface area contributed by atoms with Gasteiger partial charge in [0.25, 0.3) is 11.8 Å². The number of aromatic amines is 3. The number of para-hydroxylation sites is 3. The standard InChI is InChI=1S/C90H56F9N13O6/c91-88(92,93)51-16-22-54(23-17-51)100-86(116)69-44-48-14-41-67-64-8-2-5-11-72(64)103-78(67)75(48)81(84(69)114)109-106-57-30-36-61(37-31-57)112(60-34-28-56(29-35-60)105-108-80-74-47(13-40-66-63-7-1-4-10-71(63)102-77(66)74)43-50(83(80)113)46-118-111-59-26-20-53(21-27-59)90(97,98)99)62-38-32-58(33-39-62)107-110-82-76-49(15-42-68-65-9-3-6-12-73(65)104-79(68)76)45-70(85(82)115)87(117)101-55-24-18-52(19-25-55)89(94,95)96/h1-45,102-104,111,113-115H,46H2,(H,100,116)(H,101,117). The summed E-state index contributed by atoms with van der Waals surface area (Å²) >= 11 is 0. The van der Waals surface area contributed by atoms with E-state index in [4.69, 9.17) is 9.95 Å². The monoisotopic (exact) mass is 1590 g/mol. The van der Waals surface area contributed by atoms with Crippen molar-refractivity contribution in [3.63, 3.8) is 0 Å². The van der Waals surface area contributed by atoms with Crippen LogP contribution in [0.3, 0.4) is 0 Å². The third-order valence-electron chi connectivity index (χ3n) is 20.5. The SMILES string of the molecule is O=C(Nc1ccc(C(F)(F)F)cc1)c1cc2ccc3c4ccccc4[nH]c3c2c(N=Nc2ccc(N(c3ccc(N=Nc4c(O)c(CONc5ccc(C(F)(F)F)cc5)cc5ccc6c7ccccc7[nH]c6c45)cc3)c3ccc(N=Nc4c(O)c(C(=O)Nc5ccc(C(F)(F)F)cc5)cc5ccc6c7ccccc7[nH]c6c45)cc3)cc2)c1O. The number of phenols is 3. The van der Waals surface area contributed by atoms with Gasteiger partial charge in [-0.25, -0.2) is 0 Å². The Morgan fingerprint density at radius 3 is 1.00 bits per heavy atom. The molecule has 0 saturated carbocycles. The maximum Gasteiger partial charge on any atom is 0.416 e. The summed E-state index contributed by atoms with van der Waals surface area (Å²) in [4.78, 5) is 46.2. The van der Waals surface area contributed by atoms with Gasteiger partial charge >= 0.3 is 18.5 Å². The fraction of sp³-hybridized carbons (Fsp3) is 0.0444. The molecule has 0 aliphatic carbocycles. The van der Waals surface area contributed by atoms with Gasteiger partial charge in [0.05, 0.1) is 67.1 Å². The van der Waals surface area contributed by atoms with Crippen LogP contribution in [-0.4, -0.2) is 42.1 Å². The molecule has 0 aliphatic rings. The van der Waals surface area contributed by atoms with E-state index in [1.165, 1.54) is 24.3 Å². The van der Waals surface area contributed by atoms with Crippen LogP contribution in [0.25, 0.3) is 97.7 Å². The van der Waals surface area contributed by atoms with Crippen molar-refractivity contribution in [2.75, 3.05) is 21.0 Å². The number of halogens is 9. The Balaban J connectivity index is 0.712. The van der Waals surface area contributed by atoms with E-state index < -0.39 is 58.5 Å². The number of rotatable bonds is 17. The number of nitrogens with zero attached hydrogens (tertiary/aromatic N) is 7. The predicted octanol–water partition coefficient (Wildman–Crippen LogP) is 27.0. The fourth-order valence-electron chi connectivity index (χ4n) is 14.7. The van der Waals surface area contributed by atoms with Crippen LogP contribution in [0.15, 0.2) is 304 Å². The lowest BCUT2D eigenvalue weighted by Gasteiger charge is -2.25. The fourth-order valence-corrected chi connectivity index (χ4v) is 14.7. The topological polar surface area (TPSA) is 265 Å². The van der Waals surface area contributed by atoms with Crippen LogP contribution >= 0.6 is 0 Å². The van der Waals surface area contributed by atoms with E-state index in [0.29, 0.717) is 71.6 Å². The first-order valence-electron chi connectivity index (χ1n) is 36.4. The number of aromatic nitrogens is 3. The maximum atomic E-state index is 14.1. The van der Waals surface area contributed by atoms with Crippen LogP contribution in [0, 0.1) is 0 Å². The van der Waals surface area contributed by atoms with Crippen molar-refractivity contribution in [2.24, 2.45) is 30.7 Å². The summed E-state index contributed by atoms with van der Waals surface area (Å²) in [6.45, 7) is -0.264. The molecule has 19 nitrogen and oxygen atoms in total. The number of carbonyl (C=O) groups is 2. The zero-order chi connectivity index (χ0) is 81.5. The van der Waals surface area contributed by atoms with Crippen molar-refractivity contribution in [3.05, 3.63) is 306 Å². The van der Waals surface area contributed by atoms with Crippen molar-refractivity contribution in [2.45, 2.75) is 25.1 Å². The Morgan fingerprint density at radius 1 is 0.347 bits per heavy atom. The molecule has 18 aromatic rings. The van der Waals surface area contributed by atoms with E-state index in [1.54, 1.807) is 91.0 Å². The van der Waals surface area contributed by atoms with E-state index in [9.17, 15) is 64.4 Å². The van der Waals surface area contributed by atoms with Gasteiger partial charge in [-0.2, -0.15) is 54.9 Å². The molecule has 18 rings (SSSR count). The van der Waals surface area contributed by atoms with Crippen molar-refractivity contribution >= 4 is 178 Å². The van der Waals surface area contributed by atoms with Gasteiger partial charge in [0, 0.05) is 99.0 Å². The second kappa shape index (κ2) is 29.2. The van der Waals surface area contributed by atoms with Gasteiger partial charge in [0.15, 0.2) is 11.5 Å². The molecule has 0 atom stereocenters. The molecule has 0 unspecified atom stereocenters. The van der Waals surface area contributed by atoms with E-state index in [-0.39, 0.29) is 74.5 Å². The van der Waals surface area contributed by atoms with Crippen molar-refractivity contribution in [1.82, 2.24) is 15.0 Å². The predicted molar refractivity (Wildman–Crippen MR) is 437 cm³/mol. The number of azo groups is 3. The van der Waals surface area contributed by atoms with Gasteiger partial charge in [-0.05, 0) is 198 Å². The van der Waals surface area contributed by atoms with Crippen LogP contribution in [0.5, 0.6) is 17.2 Å². The highest BCUT2D eigenvalue weighted by atomic mass is 19.4. The number of alkyl halides is 9. The zero-order valence-corrected chi connectivity index (χ0v) is 60.8. The van der Waals surface area contributed by atoms with Gasteiger partial charge in [-0.15, -0.1) is 15.3 Å². The minimum absolute atomic E-state index is 0.0307. The van der Waals surface area contributed by atoms with Gasteiger partial charge in [-0.3, -0.25) is 19.9 Å². The number of hydrogen-bond acceptors (Lipinski definition) is 14. The van der Waals surface area contributed by atoms with Crippen molar-refractivity contribution < 1.29 is 69.3 Å². The first-order valence-corrected chi connectivity index (χ1v) is 36.4. The summed E-state index contributed by atoms with van der Waals surface area (Å²) < 4.78 is 122. The molecule has 580 valence electrons. The molecule has 0 saturated heterocycles. The van der Waals surface area contributed by atoms with Gasteiger partial charge in [-0.1, -0.05) is 91.0 Å². The molecular weight excluding hydrogens is 1530 g/mol. The highest BCUT2D eigenvalue weighted by Gasteiger charge is 2.33. The van der Waals surface area contributed by atoms with Crippen LogP contribution < -0.4 is 21.0 Å². The molecule has 0 radical (unpaired) electrons. The molecule has 3 aromatic heterocycles. The highest BCUT2D eigenvalue weighted by Crippen LogP contribution is 2.50. The number of amides is 2. The largest absolute Gasteiger partial charge is 0.505 e. The summed E-state index contributed by atoms with van der Waals surface area (Å²) in [5.41, 5.74) is 6.64. The average Bonchev–Trinajstić information content (AvgIpc) is 1.59. The van der Waals surface area contributed by atoms with Crippen molar-refractivity contribution in [1.29, 1.82) is 0 Å².